The first-order chi connectivity index (χ1) is 9.33. The summed E-state index contributed by atoms with van der Waals surface area (Å²) in [4.78, 5) is 32.4. The van der Waals surface area contributed by atoms with E-state index in [1.54, 1.807) is 6.07 Å². The van der Waals surface area contributed by atoms with Crippen molar-refractivity contribution in [3.05, 3.63) is 28.2 Å². The van der Waals surface area contributed by atoms with E-state index in [0.29, 0.717) is 16.4 Å². The van der Waals surface area contributed by atoms with E-state index in [0.717, 1.165) is 0 Å². The molecule has 0 amide bonds. The Kier molecular flexibility index (Phi) is 5.66. The molecule has 5 N–H and O–H groups in total. The van der Waals surface area contributed by atoms with Crippen LogP contribution in [-0.2, 0) is 9.59 Å². The van der Waals surface area contributed by atoms with Gasteiger partial charge < -0.3 is 26.1 Å². The predicted molar refractivity (Wildman–Crippen MR) is 74.8 cm³/mol. The number of carboxylic acids is 2. The number of carbonyl (C=O) groups excluding carboxylic acids is 1. The minimum absolute atomic E-state index is 0.0237. The quantitative estimate of drug-likeness (QED) is 0.541. The van der Waals surface area contributed by atoms with Crippen molar-refractivity contribution in [2.75, 3.05) is 5.32 Å². The minimum atomic E-state index is -1.12. The van der Waals surface area contributed by atoms with Gasteiger partial charge in [0.2, 0.25) is 0 Å². The molecule has 0 fully saturated rings. The van der Waals surface area contributed by atoms with Crippen LogP contribution >= 0.6 is 15.9 Å². The van der Waals surface area contributed by atoms with Gasteiger partial charge in [0.1, 0.15) is 6.29 Å². The summed E-state index contributed by atoms with van der Waals surface area (Å²) in [5, 5.41) is 20.5. The van der Waals surface area contributed by atoms with Crippen LogP contribution in [0.5, 0.6) is 0 Å². The van der Waals surface area contributed by atoms with E-state index in [-0.39, 0.29) is 12.0 Å². The maximum absolute atomic E-state index is 10.9. The van der Waals surface area contributed by atoms with E-state index >= 15 is 0 Å². The maximum Gasteiger partial charge on any atom is 0.335 e. The summed E-state index contributed by atoms with van der Waals surface area (Å²) in [6, 6.07) is 2.46. The molecule has 0 radical (unpaired) electrons. The number of hydrogen-bond donors (Lipinski definition) is 4. The monoisotopic (exact) mass is 344 g/mol. The summed E-state index contributed by atoms with van der Waals surface area (Å²) in [7, 11) is 0. The number of nitrogens with two attached hydrogens (primary N) is 1. The van der Waals surface area contributed by atoms with Gasteiger partial charge in [-0.3, -0.25) is 4.79 Å². The number of benzene rings is 1. The Labute approximate surface area is 122 Å². The number of aromatic carboxylic acids is 1. The summed E-state index contributed by atoms with van der Waals surface area (Å²) in [6.45, 7) is 0. The molecule has 2 atom stereocenters. The van der Waals surface area contributed by atoms with Gasteiger partial charge >= 0.3 is 11.9 Å². The lowest BCUT2D eigenvalue weighted by Crippen LogP contribution is -2.42. The van der Waals surface area contributed by atoms with Gasteiger partial charge in [-0.2, -0.15) is 0 Å². The molecule has 8 heteroatoms. The standard InChI is InChI=1S/C12H13BrN2O5/c13-7-1-6(12(19)20)2-8(3-7)15-10(4-11(17)18)9(14)5-16/h1-3,5,9-10,15H,4,14H2,(H,17,18)(H,19,20)/t9-,10?/m1/s1. The van der Waals surface area contributed by atoms with Gasteiger partial charge in [0.05, 0.1) is 24.1 Å². The molecule has 20 heavy (non-hydrogen) atoms. The summed E-state index contributed by atoms with van der Waals surface area (Å²) < 4.78 is 0.508. The fourth-order valence-electron chi connectivity index (χ4n) is 1.58. The molecular weight excluding hydrogens is 332 g/mol. The first-order valence-corrected chi connectivity index (χ1v) is 6.36. The number of halogens is 1. The molecule has 1 aromatic rings. The molecule has 0 aromatic heterocycles. The Balaban J connectivity index is 3.00. The molecule has 1 rings (SSSR count). The lowest BCUT2D eigenvalue weighted by molar-refractivity contribution is -0.137. The highest BCUT2D eigenvalue weighted by Crippen LogP contribution is 2.21. The number of aldehydes is 1. The second-order valence-electron chi connectivity index (χ2n) is 4.10. The smallest absolute Gasteiger partial charge is 0.335 e. The Morgan fingerprint density at radius 1 is 1.35 bits per heavy atom. The molecule has 0 heterocycles. The minimum Gasteiger partial charge on any atom is -0.481 e. The Hall–Kier alpha value is -1.93. The van der Waals surface area contributed by atoms with E-state index in [2.05, 4.69) is 21.2 Å². The van der Waals surface area contributed by atoms with E-state index in [9.17, 15) is 14.4 Å². The van der Waals surface area contributed by atoms with Gasteiger partial charge in [0.15, 0.2) is 0 Å². The third-order valence-corrected chi connectivity index (χ3v) is 2.97. The molecule has 0 spiro atoms. The van der Waals surface area contributed by atoms with Crippen molar-refractivity contribution >= 4 is 39.8 Å². The first-order valence-electron chi connectivity index (χ1n) is 5.56. The Bertz CT molecular complexity index is 535. The number of nitrogens with one attached hydrogen (secondary N) is 1. The average Bonchev–Trinajstić information content (AvgIpc) is 2.35. The van der Waals surface area contributed by atoms with Crippen molar-refractivity contribution in [3.63, 3.8) is 0 Å². The highest BCUT2D eigenvalue weighted by atomic mass is 79.9. The van der Waals surface area contributed by atoms with Crippen LogP contribution < -0.4 is 11.1 Å². The van der Waals surface area contributed by atoms with Crippen LogP contribution in [0.1, 0.15) is 16.8 Å². The van der Waals surface area contributed by atoms with Gasteiger partial charge in [-0.25, -0.2) is 4.79 Å². The van der Waals surface area contributed by atoms with Crippen LogP contribution in [0.4, 0.5) is 5.69 Å². The number of carboxylic acid groups (broad SMARTS) is 2. The normalized spacial score (nSPS) is 13.3. The molecule has 0 aliphatic carbocycles. The third kappa shape index (κ3) is 4.63. The SMILES string of the molecule is N[C@H](C=O)C(CC(=O)O)Nc1cc(Br)cc(C(=O)O)c1. The van der Waals surface area contributed by atoms with Crippen molar-refractivity contribution in [1.82, 2.24) is 0 Å². The summed E-state index contributed by atoms with van der Waals surface area (Å²) in [5.74, 6) is -2.24. The second kappa shape index (κ2) is 7.01. The van der Waals surface area contributed by atoms with Crippen LogP contribution in [0, 0.1) is 0 Å². The van der Waals surface area contributed by atoms with Crippen molar-refractivity contribution in [2.45, 2.75) is 18.5 Å². The van der Waals surface area contributed by atoms with Gasteiger partial charge in [0, 0.05) is 10.2 Å². The third-order valence-electron chi connectivity index (χ3n) is 2.51. The number of rotatable bonds is 7. The van der Waals surface area contributed by atoms with E-state index < -0.39 is 24.0 Å². The first kappa shape index (κ1) is 16.1. The molecule has 7 nitrogen and oxygen atoms in total. The lowest BCUT2D eigenvalue weighted by Gasteiger charge is -2.21. The molecule has 0 aliphatic heterocycles. The van der Waals surface area contributed by atoms with Crippen molar-refractivity contribution in [3.8, 4) is 0 Å². The largest absolute Gasteiger partial charge is 0.481 e. The molecule has 0 saturated carbocycles. The lowest BCUT2D eigenvalue weighted by atomic mass is 10.1. The predicted octanol–water partition coefficient (Wildman–Crippen LogP) is 0.929. The molecule has 1 unspecified atom stereocenters. The summed E-state index contributed by atoms with van der Waals surface area (Å²) >= 11 is 3.16. The van der Waals surface area contributed by atoms with Crippen molar-refractivity contribution in [2.24, 2.45) is 5.73 Å². The van der Waals surface area contributed by atoms with E-state index in [4.69, 9.17) is 15.9 Å². The molecule has 0 saturated heterocycles. The summed E-state index contributed by atoms with van der Waals surface area (Å²) in [6.07, 6.45) is 0.0749. The topological polar surface area (TPSA) is 130 Å². The van der Waals surface area contributed by atoms with Gasteiger partial charge in [0.25, 0.3) is 0 Å². The molecule has 1 aromatic carbocycles. The van der Waals surface area contributed by atoms with Crippen LogP contribution in [-0.4, -0.2) is 40.5 Å². The van der Waals surface area contributed by atoms with Crippen molar-refractivity contribution < 1.29 is 24.6 Å². The zero-order valence-electron chi connectivity index (χ0n) is 10.2. The van der Waals surface area contributed by atoms with Crippen molar-refractivity contribution in [1.29, 1.82) is 0 Å². The second-order valence-corrected chi connectivity index (χ2v) is 5.01. The number of carbonyl (C=O) groups is 3. The maximum atomic E-state index is 10.9. The fraction of sp³-hybridized carbons (Fsp3) is 0.250. The zero-order chi connectivity index (χ0) is 15.3. The molecule has 0 bridgehead atoms. The van der Waals surface area contributed by atoms with Gasteiger partial charge in [-0.1, -0.05) is 15.9 Å². The number of hydrogen-bond acceptors (Lipinski definition) is 5. The van der Waals surface area contributed by atoms with Crippen LogP contribution in [0.15, 0.2) is 22.7 Å². The Morgan fingerprint density at radius 2 is 2.00 bits per heavy atom. The van der Waals surface area contributed by atoms with E-state index in [1.807, 2.05) is 0 Å². The van der Waals surface area contributed by atoms with Crippen LogP contribution in [0.3, 0.4) is 0 Å². The van der Waals surface area contributed by atoms with E-state index in [1.165, 1.54) is 12.1 Å². The zero-order valence-corrected chi connectivity index (χ0v) is 11.8. The number of aliphatic carboxylic acids is 1. The molecule has 0 aliphatic rings. The van der Waals surface area contributed by atoms with Crippen LogP contribution in [0.25, 0.3) is 0 Å². The average molecular weight is 345 g/mol. The van der Waals surface area contributed by atoms with Crippen LogP contribution in [0.2, 0.25) is 0 Å². The summed E-state index contributed by atoms with van der Waals surface area (Å²) in [5.41, 5.74) is 5.91. The van der Waals surface area contributed by atoms with Gasteiger partial charge in [-0.05, 0) is 18.2 Å². The molecule has 108 valence electrons. The fourth-order valence-corrected chi connectivity index (χ4v) is 2.07. The molecular formula is C12H13BrN2O5. The Morgan fingerprint density at radius 3 is 2.50 bits per heavy atom. The number of anilines is 1. The van der Waals surface area contributed by atoms with Gasteiger partial charge in [-0.15, -0.1) is 0 Å². The highest BCUT2D eigenvalue weighted by molar-refractivity contribution is 9.10. The highest BCUT2D eigenvalue weighted by Gasteiger charge is 2.21.